The number of piperazine rings is 1. The van der Waals surface area contributed by atoms with Crippen molar-refractivity contribution < 1.29 is 9.53 Å². The van der Waals surface area contributed by atoms with Crippen LogP contribution in [0.25, 0.3) is 0 Å². The zero-order valence-electron chi connectivity index (χ0n) is 16.3. The summed E-state index contributed by atoms with van der Waals surface area (Å²) in [6.45, 7) is 10.4. The monoisotopic (exact) mass is 361 g/mol. The number of nitrogens with zero attached hydrogens (tertiary/aromatic N) is 5. The Morgan fingerprint density at radius 1 is 1.12 bits per heavy atom. The predicted octanol–water partition coefficient (Wildman–Crippen LogP) is 2.83. The molecule has 2 saturated heterocycles. The van der Waals surface area contributed by atoms with Gasteiger partial charge in [0.25, 0.3) is 0 Å². The van der Waals surface area contributed by atoms with Crippen molar-refractivity contribution in [2.24, 2.45) is 0 Å². The SMILES string of the molecule is CCOC(=O)N1CCN(c2cc(N3CCCCC3CC)nc(C)n2)CC1. The topological polar surface area (TPSA) is 61.8 Å². The summed E-state index contributed by atoms with van der Waals surface area (Å²) in [6.07, 6.45) is 4.71. The molecule has 0 saturated carbocycles. The Kier molecular flexibility index (Phi) is 6.16. The van der Waals surface area contributed by atoms with E-state index in [4.69, 9.17) is 9.72 Å². The number of hydrogen-bond acceptors (Lipinski definition) is 6. The highest BCUT2D eigenvalue weighted by Gasteiger charge is 2.26. The highest BCUT2D eigenvalue weighted by molar-refractivity contribution is 5.68. The first kappa shape index (κ1) is 18.7. The average molecular weight is 361 g/mol. The van der Waals surface area contributed by atoms with Crippen LogP contribution in [0.5, 0.6) is 0 Å². The summed E-state index contributed by atoms with van der Waals surface area (Å²) in [4.78, 5) is 27.7. The lowest BCUT2D eigenvalue weighted by Crippen LogP contribution is -2.49. The van der Waals surface area contributed by atoms with Crippen LogP contribution in [-0.4, -0.2) is 66.3 Å². The van der Waals surface area contributed by atoms with Crippen LogP contribution in [0.15, 0.2) is 6.07 Å². The lowest BCUT2D eigenvalue weighted by Gasteiger charge is -2.38. The standard InChI is InChI=1S/C19H31N5O2/c1-4-16-8-6-7-9-24(16)18-14-17(20-15(3)21-18)22-10-12-23(13-11-22)19(25)26-5-2/h14,16H,4-13H2,1-3H3. The minimum Gasteiger partial charge on any atom is -0.450 e. The second-order valence-electron chi connectivity index (χ2n) is 7.06. The van der Waals surface area contributed by atoms with Gasteiger partial charge in [0, 0.05) is 44.8 Å². The molecule has 2 fully saturated rings. The van der Waals surface area contributed by atoms with Crippen LogP contribution in [0, 0.1) is 6.92 Å². The molecule has 0 aromatic carbocycles. The molecular weight excluding hydrogens is 330 g/mol. The zero-order valence-corrected chi connectivity index (χ0v) is 16.3. The lowest BCUT2D eigenvalue weighted by molar-refractivity contribution is 0.105. The largest absolute Gasteiger partial charge is 0.450 e. The van der Waals surface area contributed by atoms with Crippen LogP contribution in [0.1, 0.15) is 45.4 Å². The Bertz CT molecular complexity index is 616. The van der Waals surface area contributed by atoms with Gasteiger partial charge in [-0.05, 0) is 39.5 Å². The highest BCUT2D eigenvalue weighted by atomic mass is 16.6. The number of carbonyl (C=O) groups excluding carboxylic acids is 1. The maximum Gasteiger partial charge on any atom is 0.409 e. The predicted molar refractivity (Wildman–Crippen MR) is 103 cm³/mol. The van der Waals surface area contributed by atoms with Crippen LogP contribution in [0.2, 0.25) is 0 Å². The third-order valence-electron chi connectivity index (χ3n) is 5.33. The zero-order chi connectivity index (χ0) is 18.5. The van der Waals surface area contributed by atoms with Crippen LogP contribution in [0.3, 0.4) is 0 Å². The van der Waals surface area contributed by atoms with E-state index in [0.717, 1.165) is 43.5 Å². The van der Waals surface area contributed by atoms with Crippen molar-refractivity contribution in [1.82, 2.24) is 14.9 Å². The number of aromatic nitrogens is 2. The van der Waals surface area contributed by atoms with Crippen molar-refractivity contribution in [3.8, 4) is 0 Å². The lowest BCUT2D eigenvalue weighted by atomic mass is 10.00. The van der Waals surface area contributed by atoms with Crippen molar-refractivity contribution in [2.75, 3.05) is 49.1 Å². The van der Waals surface area contributed by atoms with Crippen molar-refractivity contribution in [3.05, 3.63) is 11.9 Å². The van der Waals surface area contributed by atoms with Crippen molar-refractivity contribution in [1.29, 1.82) is 0 Å². The molecule has 7 heteroatoms. The molecule has 0 N–H and O–H groups in total. The van der Waals surface area contributed by atoms with Gasteiger partial charge in [-0.2, -0.15) is 0 Å². The summed E-state index contributed by atoms with van der Waals surface area (Å²) >= 11 is 0. The molecule has 1 unspecified atom stereocenters. The molecule has 1 atom stereocenters. The molecule has 0 spiro atoms. The molecule has 26 heavy (non-hydrogen) atoms. The quantitative estimate of drug-likeness (QED) is 0.822. The molecule has 2 aliphatic heterocycles. The van der Waals surface area contributed by atoms with Crippen molar-refractivity contribution >= 4 is 17.7 Å². The number of carbonyl (C=O) groups is 1. The summed E-state index contributed by atoms with van der Waals surface area (Å²) in [7, 11) is 0. The summed E-state index contributed by atoms with van der Waals surface area (Å²) in [5.41, 5.74) is 0. The minimum atomic E-state index is -0.217. The van der Waals surface area contributed by atoms with Gasteiger partial charge in [-0.3, -0.25) is 0 Å². The van der Waals surface area contributed by atoms with Gasteiger partial charge >= 0.3 is 6.09 Å². The minimum absolute atomic E-state index is 0.217. The van der Waals surface area contributed by atoms with Crippen molar-refractivity contribution in [2.45, 2.75) is 52.5 Å². The fraction of sp³-hybridized carbons (Fsp3) is 0.737. The Hall–Kier alpha value is -2.05. The Morgan fingerprint density at radius 2 is 1.85 bits per heavy atom. The van der Waals surface area contributed by atoms with E-state index in [1.807, 2.05) is 13.8 Å². The maximum atomic E-state index is 11.9. The Labute approximate surface area is 156 Å². The molecule has 144 valence electrons. The van der Waals surface area contributed by atoms with Gasteiger partial charge in [0.2, 0.25) is 0 Å². The number of piperidine rings is 1. The first-order valence-electron chi connectivity index (χ1n) is 9.91. The Morgan fingerprint density at radius 3 is 2.54 bits per heavy atom. The number of hydrogen-bond donors (Lipinski definition) is 0. The normalized spacial score (nSPS) is 21.0. The van der Waals surface area contributed by atoms with E-state index in [0.29, 0.717) is 25.7 Å². The molecular formula is C19H31N5O2. The first-order valence-corrected chi connectivity index (χ1v) is 9.91. The van der Waals surface area contributed by atoms with Crippen LogP contribution < -0.4 is 9.80 Å². The second-order valence-corrected chi connectivity index (χ2v) is 7.06. The molecule has 3 rings (SSSR count). The van der Waals surface area contributed by atoms with E-state index in [9.17, 15) is 4.79 Å². The molecule has 7 nitrogen and oxygen atoms in total. The molecule has 0 bridgehead atoms. The smallest absolute Gasteiger partial charge is 0.409 e. The molecule has 3 heterocycles. The number of ether oxygens (including phenoxy) is 1. The maximum absolute atomic E-state index is 11.9. The van der Waals surface area contributed by atoms with E-state index < -0.39 is 0 Å². The van der Waals surface area contributed by atoms with E-state index >= 15 is 0 Å². The third kappa shape index (κ3) is 4.19. The van der Waals surface area contributed by atoms with Gasteiger partial charge in [0.05, 0.1) is 6.61 Å². The van der Waals surface area contributed by atoms with E-state index in [-0.39, 0.29) is 6.09 Å². The number of amides is 1. The fourth-order valence-corrected chi connectivity index (χ4v) is 3.91. The fourth-order valence-electron chi connectivity index (χ4n) is 3.91. The number of anilines is 2. The van der Waals surface area contributed by atoms with Gasteiger partial charge in [0.15, 0.2) is 0 Å². The Balaban J connectivity index is 1.71. The molecule has 2 aliphatic rings. The third-order valence-corrected chi connectivity index (χ3v) is 5.33. The molecule has 1 amide bonds. The van der Waals surface area contributed by atoms with Gasteiger partial charge in [-0.1, -0.05) is 6.92 Å². The summed E-state index contributed by atoms with van der Waals surface area (Å²) in [5.74, 6) is 2.83. The summed E-state index contributed by atoms with van der Waals surface area (Å²) < 4.78 is 5.10. The molecule has 0 radical (unpaired) electrons. The van der Waals surface area contributed by atoms with Gasteiger partial charge in [-0.15, -0.1) is 0 Å². The van der Waals surface area contributed by atoms with E-state index in [1.54, 1.807) is 4.90 Å². The highest BCUT2D eigenvalue weighted by Crippen LogP contribution is 2.27. The van der Waals surface area contributed by atoms with Gasteiger partial charge in [-0.25, -0.2) is 14.8 Å². The first-order chi connectivity index (χ1) is 12.6. The van der Waals surface area contributed by atoms with Crippen LogP contribution >= 0.6 is 0 Å². The van der Waals surface area contributed by atoms with Gasteiger partial charge in [0.1, 0.15) is 17.5 Å². The molecule has 1 aromatic rings. The molecule has 1 aromatic heterocycles. The van der Waals surface area contributed by atoms with Crippen LogP contribution in [-0.2, 0) is 4.74 Å². The van der Waals surface area contributed by atoms with Gasteiger partial charge < -0.3 is 19.4 Å². The number of rotatable bonds is 4. The van der Waals surface area contributed by atoms with E-state index in [1.165, 1.54) is 19.3 Å². The summed E-state index contributed by atoms with van der Waals surface area (Å²) in [5, 5.41) is 0. The second kappa shape index (κ2) is 8.56. The molecule has 0 aliphatic carbocycles. The van der Waals surface area contributed by atoms with Crippen LogP contribution in [0.4, 0.5) is 16.4 Å². The summed E-state index contributed by atoms with van der Waals surface area (Å²) in [6, 6.07) is 2.70. The van der Waals surface area contributed by atoms with E-state index in [2.05, 4.69) is 27.8 Å². The average Bonchev–Trinajstić information content (AvgIpc) is 2.67. The van der Waals surface area contributed by atoms with Crippen molar-refractivity contribution in [3.63, 3.8) is 0 Å². The number of aryl methyl sites for hydroxylation is 1.